The van der Waals surface area contributed by atoms with Gasteiger partial charge in [-0.05, 0) is 32.3 Å². The van der Waals surface area contributed by atoms with E-state index in [2.05, 4.69) is 10.6 Å². The van der Waals surface area contributed by atoms with Crippen molar-refractivity contribution in [3.8, 4) is 11.5 Å². The zero-order valence-electron chi connectivity index (χ0n) is 17.3. The summed E-state index contributed by atoms with van der Waals surface area (Å²) in [6.45, 7) is 5.62. The number of carbonyl (C=O) groups is 2. The summed E-state index contributed by atoms with van der Waals surface area (Å²) >= 11 is 0. The highest BCUT2D eigenvalue weighted by atomic mass is 16.5. The molecule has 1 aliphatic heterocycles. The number of rotatable bonds is 11. The molecule has 2 rings (SSSR count). The van der Waals surface area contributed by atoms with Crippen LogP contribution in [0, 0.1) is 6.92 Å². The van der Waals surface area contributed by atoms with Crippen LogP contribution in [0.1, 0.15) is 46.8 Å². The molecule has 0 radical (unpaired) electrons. The van der Waals surface area contributed by atoms with Gasteiger partial charge in [0, 0.05) is 37.2 Å². The summed E-state index contributed by atoms with van der Waals surface area (Å²) in [6.07, 6.45) is 3.26. The molecule has 8 nitrogen and oxygen atoms in total. The van der Waals surface area contributed by atoms with Crippen molar-refractivity contribution in [2.24, 2.45) is 0 Å². The average Bonchev–Trinajstić information content (AvgIpc) is 3.09. The third-order valence-electron chi connectivity index (χ3n) is 4.96. The Kier molecular flexibility index (Phi) is 8.48. The number of aliphatic hydroxyl groups is 1. The number of hydrogen-bond donors (Lipinski definition) is 4. The molecule has 0 saturated carbocycles. The standard InChI is InChI=1S/C21H30N2O6/c1-13(5-7-17(25)23-9-8-22-10-11-24)4-6-15-19(26)18-16(12-29-21(18)27)14(2)20(15)28-3/h4,22,24,26H,5-12H2,1-3H3,(H,23,25)/b13-4+. The second-order valence-corrected chi connectivity index (χ2v) is 6.99. The van der Waals surface area contributed by atoms with Gasteiger partial charge < -0.3 is 30.3 Å². The molecule has 0 unspecified atom stereocenters. The molecular formula is C21H30N2O6. The maximum Gasteiger partial charge on any atom is 0.342 e. The van der Waals surface area contributed by atoms with E-state index >= 15 is 0 Å². The second-order valence-electron chi connectivity index (χ2n) is 6.99. The number of aliphatic hydroxyl groups excluding tert-OH is 1. The van der Waals surface area contributed by atoms with E-state index in [4.69, 9.17) is 14.6 Å². The Morgan fingerprint density at radius 3 is 2.72 bits per heavy atom. The predicted octanol–water partition coefficient (Wildman–Crippen LogP) is 1.35. The number of carbonyl (C=O) groups excluding carboxylic acids is 2. The van der Waals surface area contributed by atoms with Crippen molar-refractivity contribution in [1.82, 2.24) is 10.6 Å². The zero-order valence-corrected chi connectivity index (χ0v) is 17.3. The van der Waals surface area contributed by atoms with E-state index in [0.29, 0.717) is 55.8 Å². The third kappa shape index (κ3) is 5.71. The number of methoxy groups -OCH3 is 1. The predicted molar refractivity (Wildman–Crippen MR) is 108 cm³/mol. The van der Waals surface area contributed by atoms with Crippen LogP contribution >= 0.6 is 0 Å². The molecule has 1 heterocycles. The number of ether oxygens (including phenoxy) is 2. The van der Waals surface area contributed by atoms with Crippen LogP contribution in [0.3, 0.4) is 0 Å². The maximum atomic E-state index is 12.0. The van der Waals surface area contributed by atoms with E-state index in [1.54, 1.807) is 0 Å². The van der Waals surface area contributed by atoms with Gasteiger partial charge in [0.2, 0.25) is 5.91 Å². The fourth-order valence-electron chi connectivity index (χ4n) is 3.30. The number of aromatic hydroxyl groups is 1. The van der Waals surface area contributed by atoms with Crippen molar-refractivity contribution < 1.29 is 29.3 Å². The first-order valence-electron chi connectivity index (χ1n) is 9.73. The van der Waals surface area contributed by atoms with E-state index in [1.807, 2.05) is 19.9 Å². The van der Waals surface area contributed by atoms with E-state index in [9.17, 15) is 14.7 Å². The van der Waals surface area contributed by atoms with E-state index in [-0.39, 0.29) is 30.4 Å². The molecule has 1 aromatic carbocycles. The Hall–Kier alpha value is -2.58. The molecular weight excluding hydrogens is 376 g/mol. The summed E-state index contributed by atoms with van der Waals surface area (Å²) in [4.78, 5) is 23.8. The molecule has 0 bridgehead atoms. The van der Waals surface area contributed by atoms with E-state index in [1.165, 1.54) is 7.11 Å². The molecule has 1 aliphatic rings. The van der Waals surface area contributed by atoms with Gasteiger partial charge in [0.1, 0.15) is 23.7 Å². The van der Waals surface area contributed by atoms with E-state index < -0.39 is 5.97 Å². The lowest BCUT2D eigenvalue weighted by molar-refractivity contribution is -0.121. The van der Waals surface area contributed by atoms with Gasteiger partial charge in [0.05, 0.1) is 13.7 Å². The Labute approximate surface area is 170 Å². The van der Waals surface area contributed by atoms with Crippen molar-refractivity contribution >= 4 is 11.9 Å². The van der Waals surface area contributed by atoms with Crippen LogP contribution in [0.5, 0.6) is 11.5 Å². The summed E-state index contributed by atoms with van der Waals surface area (Å²) in [5.41, 5.74) is 3.22. The van der Waals surface area contributed by atoms with Gasteiger partial charge in [-0.25, -0.2) is 4.79 Å². The molecule has 1 amide bonds. The molecule has 0 aliphatic carbocycles. The van der Waals surface area contributed by atoms with Gasteiger partial charge >= 0.3 is 5.97 Å². The first-order valence-corrected chi connectivity index (χ1v) is 9.73. The number of allylic oxidation sites excluding steroid dienone is 2. The van der Waals surface area contributed by atoms with Crippen LogP contribution in [-0.2, 0) is 22.6 Å². The van der Waals surface area contributed by atoms with Gasteiger partial charge in [0.15, 0.2) is 0 Å². The largest absolute Gasteiger partial charge is 0.507 e. The lowest BCUT2D eigenvalue weighted by Gasteiger charge is -2.15. The maximum absolute atomic E-state index is 12.0. The second kappa shape index (κ2) is 10.8. The first kappa shape index (κ1) is 22.7. The molecule has 8 heteroatoms. The van der Waals surface area contributed by atoms with Gasteiger partial charge in [-0.2, -0.15) is 0 Å². The number of benzene rings is 1. The molecule has 0 atom stereocenters. The molecule has 29 heavy (non-hydrogen) atoms. The summed E-state index contributed by atoms with van der Waals surface area (Å²) < 4.78 is 10.5. The molecule has 160 valence electrons. The van der Waals surface area contributed by atoms with Crippen LogP contribution in [0.4, 0.5) is 0 Å². The minimum atomic E-state index is -0.518. The van der Waals surface area contributed by atoms with Crippen molar-refractivity contribution in [1.29, 1.82) is 0 Å². The zero-order chi connectivity index (χ0) is 21.4. The highest BCUT2D eigenvalue weighted by Crippen LogP contribution is 2.42. The van der Waals surface area contributed by atoms with Crippen LogP contribution in [-0.4, -0.2) is 55.4 Å². The minimum absolute atomic E-state index is 0.0416. The Morgan fingerprint density at radius 2 is 2.03 bits per heavy atom. The van der Waals surface area contributed by atoms with Crippen LogP contribution in [0.25, 0.3) is 0 Å². The lowest BCUT2D eigenvalue weighted by Crippen LogP contribution is -2.32. The molecule has 4 N–H and O–H groups in total. The van der Waals surface area contributed by atoms with E-state index in [0.717, 1.165) is 11.1 Å². The number of phenols is 1. The van der Waals surface area contributed by atoms with Crippen LogP contribution in [0.15, 0.2) is 11.6 Å². The first-order chi connectivity index (χ1) is 13.9. The fraction of sp³-hybridized carbons (Fsp3) is 0.524. The Balaban J connectivity index is 1.97. The van der Waals surface area contributed by atoms with Gasteiger partial charge in [-0.3, -0.25) is 4.79 Å². The summed E-state index contributed by atoms with van der Waals surface area (Å²) in [7, 11) is 1.53. The quantitative estimate of drug-likeness (QED) is 0.249. The van der Waals surface area contributed by atoms with Crippen molar-refractivity contribution in [3.05, 3.63) is 33.9 Å². The number of nitrogens with one attached hydrogen (secondary N) is 2. The van der Waals surface area contributed by atoms with Crippen molar-refractivity contribution in [2.75, 3.05) is 33.4 Å². The Morgan fingerprint density at radius 1 is 1.28 bits per heavy atom. The molecule has 0 fully saturated rings. The van der Waals surface area contributed by atoms with Crippen LogP contribution in [0.2, 0.25) is 0 Å². The summed E-state index contributed by atoms with van der Waals surface area (Å²) in [5.74, 6) is -0.103. The van der Waals surface area contributed by atoms with Gasteiger partial charge in [0.25, 0.3) is 0 Å². The summed E-state index contributed by atoms with van der Waals surface area (Å²) in [6, 6.07) is 0. The topological polar surface area (TPSA) is 117 Å². The molecule has 0 aromatic heterocycles. The molecule has 0 spiro atoms. The number of hydrogen-bond acceptors (Lipinski definition) is 7. The molecule has 0 saturated heterocycles. The SMILES string of the molecule is COc1c(C)c2c(c(O)c1C/C=C(\C)CCC(=O)NCCNCCO)C(=O)OC2. The highest BCUT2D eigenvalue weighted by molar-refractivity contribution is 5.98. The number of esters is 1. The lowest BCUT2D eigenvalue weighted by atomic mass is 9.94. The Bertz CT molecular complexity index is 788. The minimum Gasteiger partial charge on any atom is -0.507 e. The van der Waals surface area contributed by atoms with Gasteiger partial charge in [-0.1, -0.05) is 11.6 Å². The van der Waals surface area contributed by atoms with Crippen molar-refractivity contribution in [2.45, 2.75) is 39.7 Å². The van der Waals surface area contributed by atoms with Crippen LogP contribution < -0.4 is 15.4 Å². The normalized spacial score (nSPS) is 13.2. The number of amides is 1. The number of phenolic OH excluding ortho intramolecular Hbond substituents is 1. The average molecular weight is 406 g/mol. The molecule has 1 aromatic rings. The smallest absolute Gasteiger partial charge is 0.342 e. The fourth-order valence-corrected chi connectivity index (χ4v) is 3.30. The number of fused-ring (bicyclic) bond motifs is 1. The number of cyclic esters (lactones) is 1. The third-order valence-corrected chi connectivity index (χ3v) is 4.96. The highest BCUT2D eigenvalue weighted by Gasteiger charge is 2.31. The monoisotopic (exact) mass is 406 g/mol. The van der Waals surface area contributed by atoms with Crippen molar-refractivity contribution in [3.63, 3.8) is 0 Å². The summed E-state index contributed by atoms with van der Waals surface area (Å²) in [5, 5.41) is 25.1. The van der Waals surface area contributed by atoms with Gasteiger partial charge in [-0.15, -0.1) is 0 Å².